The van der Waals surface area contributed by atoms with Crippen LogP contribution < -0.4 is 10.5 Å². The lowest BCUT2D eigenvalue weighted by Gasteiger charge is -2.22. The maximum absolute atomic E-state index is 6.08. The van der Waals surface area contributed by atoms with Gasteiger partial charge in [0.05, 0.1) is 6.61 Å². The zero-order valence-electron chi connectivity index (χ0n) is 10.4. The van der Waals surface area contributed by atoms with Crippen molar-refractivity contribution in [1.82, 2.24) is 0 Å². The second-order valence-electron chi connectivity index (χ2n) is 4.40. The molecule has 1 aliphatic carbocycles. The third-order valence-electron chi connectivity index (χ3n) is 3.18. The predicted octanol–water partition coefficient (Wildman–Crippen LogP) is 2.44. The smallest absolute Gasteiger partial charge is 0.119 e. The van der Waals surface area contributed by atoms with Gasteiger partial charge in [-0.25, -0.2) is 0 Å². The lowest BCUT2D eigenvalue weighted by atomic mass is 9.88. The Morgan fingerprint density at radius 3 is 3.06 bits per heavy atom. The van der Waals surface area contributed by atoms with E-state index >= 15 is 0 Å². The first-order chi connectivity index (χ1) is 8.31. The Balaban J connectivity index is 1.96. The molecule has 0 aliphatic heterocycles. The number of fused-ring (bicyclic) bond motifs is 1. The summed E-state index contributed by atoms with van der Waals surface area (Å²) in [7, 11) is 0. The van der Waals surface area contributed by atoms with E-state index < -0.39 is 0 Å². The molecule has 3 nitrogen and oxygen atoms in total. The van der Waals surface area contributed by atoms with Crippen molar-refractivity contribution >= 4 is 0 Å². The van der Waals surface area contributed by atoms with Crippen LogP contribution in [0, 0.1) is 0 Å². The summed E-state index contributed by atoms with van der Waals surface area (Å²) in [4.78, 5) is 0. The number of benzene rings is 1. The average Bonchev–Trinajstić information content (AvgIpc) is 2.35. The van der Waals surface area contributed by atoms with Crippen LogP contribution in [0.15, 0.2) is 18.2 Å². The molecule has 1 aromatic rings. The largest absolute Gasteiger partial charge is 0.491 e. The predicted molar refractivity (Wildman–Crippen MR) is 68.3 cm³/mol. The standard InChI is InChI=1S/C14H21NO2/c1-2-16-8-9-17-12-6-7-13-11(10-12)4-3-5-14(13)15/h6-7,10,14H,2-5,8-9,15H2,1H3. The Morgan fingerprint density at radius 2 is 2.24 bits per heavy atom. The second kappa shape index (κ2) is 6.03. The van der Waals surface area contributed by atoms with Crippen LogP contribution >= 0.6 is 0 Å². The second-order valence-corrected chi connectivity index (χ2v) is 4.40. The van der Waals surface area contributed by atoms with Crippen molar-refractivity contribution in [3.63, 3.8) is 0 Å². The van der Waals surface area contributed by atoms with Gasteiger partial charge in [-0.3, -0.25) is 0 Å². The van der Waals surface area contributed by atoms with E-state index in [0.717, 1.165) is 25.2 Å². The SMILES string of the molecule is CCOCCOc1ccc2c(c1)CCCC2N. The molecule has 1 aromatic carbocycles. The van der Waals surface area contributed by atoms with Crippen LogP contribution in [0.5, 0.6) is 5.75 Å². The van der Waals surface area contributed by atoms with Gasteiger partial charge in [0.25, 0.3) is 0 Å². The minimum Gasteiger partial charge on any atom is -0.491 e. The maximum Gasteiger partial charge on any atom is 0.119 e. The quantitative estimate of drug-likeness (QED) is 0.797. The summed E-state index contributed by atoms with van der Waals surface area (Å²) in [5.74, 6) is 0.928. The first-order valence-electron chi connectivity index (χ1n) is 6.40. The molecule has 0 fully saturated rings. The molecule has 2 rings (SSSR count). The van der Waals surface area contributed by atoms with Crippen LogP contribution in [0.25, 0.3) is 0 Å². The number of hydrogen-bond acceptors (Lipinski definition) is 3. The number of hydrogen-bond donors (Lipinski definition) is 1. The van der Waals surface area contributed by atoms with Crippen LogP contribution in [0.4, 0.5) is 0 Å². The minimum absolute atomic E-state index is 0.205. The maximum atomic E-state index is 6.08. The van der Waals surface area contributed by atoms with Crippen molar-refractivity contribution in [3.05, 3.63) is 29.3 Å². The monoisotopic (exact) mass is 235 g/mol. The third-order valence-corrected chi connectivity index (χ3v) is 3.18. The van der Waals surface area contributed by atoms with Gasteiger partial charge in [0.1, 0.15) is 12.4 Å². The summed E-state index contributed by atoms with van der Waals surface area (Å²) in [6.07, 6.45) is 3.39. The zero-order valence-corrected chi connectivity index (χ0v) is 10.4. The molecule has 1 atom stereocenters. The molecule has 94 valence electrons. The van der Waals surface area contributed by atoms with Gasteiger partial charge in [0.15, 0.2) is 0 Å². The molecule has 0 bridgehead atoms. The molecular formula is C14H21NO2. The molecule has 0 saturated carbocycles. The molecule has 0 saturated heterocycles. The molecule has 0 amide bonds. The third kappa shape index (κ3) is 3.20. The molecule has 0 spiro atoms. The van der Waals surface area contributed by atoms with Crippen molar-refractivity contribution in [2.75, 3.05) is 19.8 Å². The molecule has 0 radical (unpaired) electrons. The summed E-state index contributed by atoms with van der Waals surface area (Å²) >= 11 is 0. The van der Waals surface area contributed by atoms with E-state index in [1.807, 2.05) is 13.0 Å². The Kier molecular flexibility index (Phi) is 4.40. The summed E-state index contributed by atoms with van der Waals surface area (Å²) in [6.45, 7) is 3.98. The van der Waals surface area contributed by atoms with Crippen molar-refractivity contribution in [3.8, 4) is 5.75 Å². The van der Waals surface area contributed by atoms with Gasteiger partial charge in [-0.05, 0) is 49.4 Å². The topological polar surface area (TPSA) is 44.5 Å². The van der Waals surface area contributed by atoms with Gasteiger partial charge in [-0.15, -0.1) is 0 Å². The molecule has 1 unspecified atom stereocenters. The zero-order chi connectivity index (χ0) is 12.1. The van der Waals surface area contributed by atoms with E-state index in [-0.39, 0.29) is 6.04 Å². The van der Waals surface area contributed by atoms with Crippen molar-refractivity contribution in [1.29, 1.82) is 0 Å². The highest BCUT2D eigenvalue weighted by Gasteiger charge is 2.16. The van der Waals surface area contributed by atoms with E-state index in [4.69, 9.17) is 15.2 Å². The van der Waals surface area contributed by atoms with Gasteiger partial charge < -0.3 is 15.2 Å². The van der Waals surface area contributed by atoms with E-state index in [2.05, 4.69) is 12.1 Å². The molecule has 2 N–H and O–H groups in total. The molecular weight excluding hydrogens is 214 g/mol. The van der Waals surface area contributed by atoms with Crippen LogP contribution in [0.2, 0.25) is 0 Å². The van der Waals surface area contributed by atoms with Gasteiger partial charge in [0.2, 0.25) is 0 Å². The summed E-state index contributed by atoms with van der Waals surface area (Å²) < 4.78 is 10.9. The Morgan fingerprint density at radius 1 is 1.35 bits per heavy atom. The van der Waals surface area contributed by atoms with E-state index in [0.29, 0.717) is 13.2 Å². The van der Waals surface area contributed by atoms with Crippen LogP contribution in [0.3, 0.4) is 0 Å². The molecule has 0 heterocycles. The van der Waals surface area contributed by atoms with Gasteiger partial charge in [-0.1, -0.05) is 6.07 Å². The summed E-state index contributed by atoms with van der Waals surface area (Å²) in [5, 5.41) is 0. The number of nitrogens with two attached hydrogens (primary N) is 1. The molecule has 17 heavy (non-hydrogen) atoms. The Bertz CT molecular complexity index is 365. The Labute approximate surface area is 103 Å². The van der Waals surface area contributed by atoms with Crippen molar-refractivity contribution in [2.24, 2.45) is 5.73 Å². The first-order valence-corrected chi connectivity index (χ1v) is 6.40. The normalized spacial score (nSPS) is 18.8. The molecule has 3 heteroatoms. The Hall–Kier alpha value is -1.06. The fourth-order valence-electron chi connectivity index (χ4n) is 2.28. The van der Waals surface area contributed by atoms with Gasteiger partial charge in [0, 0.05) is 12.6 Å². The fraction of sp³-hybridized carbons (Fsp3) is 0.571. The average molecular weight is 235 g/mol. The highest BCUT2D eigenvalue weighted by atomic mass is 16.5. The molecule has 0 aromatic heterocycles. The van der Waals surface area contributed by atoms with Crippen molar-refractivity contribution < 1.29 is 9.47 Å². The lowest BCUT2D eigenvalue weighted by Crippen LogP contribution is -2.17. The van der Waals surface area contributed by atoms with Gasteiger partial charge >= 0.3 is 0 Å². The van der Waals surface area contributed by atoms with Crippen molar-refractivity contribution in [2.45, 2.75) is 32.2 Å². The lowest BCUT2D eigenvalue weighted by molar-refractivity contribution is 0.110. The summed E-state index contributed by atoms with van der Waals surface area (Å²) in [6, 6.07) is 6.45. The highest BCUT2D eigenvalue weighted by Crippen LogP contribution is 2.30. The summed E-state index contributed by atoms with van der Waals surface area (Å²) in [5.41, 5.74) is 8.71. The van der Waals surface area contributed by atoms with Crippen LogP contribution in [-0.2, 0) is 11.2 Å². The van der Waals surface area contributed by atoms with E-state index in [1.54, 1.807) is 0 Å². The van der Waals surface area contributed by atoms with Gasteiger partial charge in [-0.2, -0.15) is 0 Å². The number of rotatable bonds is 5. The number of ether oxygens (including phenoxy) is 2. The first kappa shape index (κ1) is 12.4. The fourth-order valence-corrected chi connectivity index (χ4v) is 2.28. The van der Waals surface area contributed by atoms with E-state index in [1.165, 1.54) is 17.5 Å². The van der Waals surface area contributed by atoms with Crippen LogP contribution in [-0.4, -0.2) is 19.8 Å². The highest BCUT2D eigenvalue weighted by molar-refractivity contribution is 5.38. The van der Waals surface area contributed by atoms with E-state index in [9.17, 15) is 0 Å². The molecule has 1 aliphatic rings. The number of aryl methyl sites for hydroxylation is 1. The van der Waals surface area contributed by atoms with Crippen LogP contribution in [0.1, 0.15) is 36.9 Å². The minimum atomic E-state index is 0.205.